The Bertz CT molecular complexity index is 124. The van der Waals surface area contributed by atoms with E-state index in [1.165, 1.54) is 0 Å². The van der Waals surface area contributed by atoms with Crippen molar-refractivity contribution in [3.8, 4) is 0 Å². The first-order chi connectivity index (χ1) is 4.64. The van der Waals surface area contributed by atoms with Gasteiger partial charge in [-0.2, -0.15) is 0 Å². The fourth-order valence-electron chi connectivity index (χ4n) is 1.18. The number of halogens is 4. The topological polar surface area (TPSA) is 29.3 Å². The number of nitrogens with zero attached hydrogens (tertiary/aromatic N) is 1. The number of hydrogen-bond donors (Lipinski definition) is 1. The van der Waals surface area contributed by atoms with Crippen LogP contribution in [0.5, 0.6) is 0 Å². The third-order valence-corrected chi connectivity index (χ3v) is 1.69. The van der Waals surface area contributed by atoms with E-state index in [1.54, 1.807) is 4.90 Å². The lowest BCUT2D eigenvalue weighted by Crippen LogP contribution is -2.29. The monoisotopic (exact) mass is 222 g/mol. The summed E-state index contributed by atoms with van der Waals surface area (Å²) >= 11 is 0. The molecule has 0 amide bonds. The van der Waals surface area contributed by atoms with Crippen molar-refractivity contribution in [2.24, 2.45) is 5.73 Å². The van der Waals surface area contributed by atoms with E-state index in [0.717, 1.165) is 0 Å². The minimum atomic E-state index is -2.46. The van der Waals surface area contributed by atoms with Crippen molar-refractivity contribution < 1.29 is 8.78 Å². The van der Waals surface area contributed by atoms with Gasteiger partial charge in [0, 0.05) is 26.1 Å². The molecule has 0 atom stereocenters. The van der Waals surface area contributed by atoms with Gasteiger partial charge in [-0.25, -0.2) is 8.78 Å². The highest BCUT2D eigenvalue weighted by Crippen LogP contribution is 2.25. The molecule has 1 aliphatic rings. The minimum absolute atomic E-state index is 0. The summed E-state index contributed by atoms with van der Waals surface area (Å²) in [6, 6.07) is 0. The van der Waals surface area contributed by atoms with Crippen LogP contribution in [0.25, 0.3) is 0 Å². The molecule has 1 aliphatic heterocycles. The fraction of sp³-hybridized carbons (Fsp3) is 1.00. The molecule has 0 aromatic carbocycles. The number of rotatable bonds is 2. The molecule has 0 saturated carbocycles. The molecule has 0 unspecified atom stereocenters. The zero-order valence-corrected chi connectivity index (χ0v) is 8.27. The smallest absolute Gasteiger partial charge is 0.261 e. The molecule has 0 bridgehead atoms. The summed E-state index contributed by atoms with van der Waals surface area (Å²) in [6.45, 7) is 1.44. The maximum absolute atomic E-state index is 12.4. The predicted molar refractivity (Wildman–Crippen MR) is 49.6 cm³/mol. The van der Waals surface area contributed by atoms with Crippen LogP contribution in [-0.2, 0) is 0 Å². The number of alkyl halides is 2. The standard InChI is InChI=1S/C6H12F2N2.2ClH/c7-6(8)1-3-10(5-6)4-2-9;;/h1-5,9H2;2*1H. The van der Waals surface area contributed by atoms with Crippen LogP contribution >= 0.6 is 24.8 Å². The molecule has 0 radical (unpaired) electrons. The summed E-state index contributed by atoms with van der Waals surface area (Å²) in [4.78, 5) is 1.69. The van der Waals surface area contributed by atoms with Gasteiger partial charge in [-0.15, -0.1) is 24.8 Å². The van der Waals surface area contributed by atoms with Crippen LogP contribution < -0.4 is 5.73 Å². The number of likely N-dealkylation sites (tertiary alicyclic amines) is 1. The minimum Gasteiger partial charge on any atom is -0.329 e. The van der Waals surface area contributed by atoms with Crippen molar-refractivity contribution in [3.63, 3.8) is 0 Å². The Kier molecular flexibility index (Phi) is 7.32. The SMILES string of the molecule is Cl.Cl.NCCN1CCC(F)(F)C1. The van der Waals surface area contributed by atoms with Crippen molar-refractivity contribution in [3.05, 3.63) is 0 Å². The lowest BCUT2D eigenvalue weighted by molar-refractivity contribution is 0.0125. The van der Waals surface area contributed by atoms with Gasteiger partial charge in [0.05, 0.1) is 6.54 Å². The quantitative estimate of drug-likeness (QED) is 0.760. The molecule has 1 heterocycles. The predicted octanol–water partition coefficient (Wildman–Crippen LogP) is 1.13. The van der Waals surface area contributed by atoms with Crippen LogP contribution in [0.2, 0.25) is 0 Å². The van der Waals surface area contributed by atoms with E-state index in [-0.39, 0.29) is 37.8 Å². The molecular weight excluding hydrogens is 209 g/mol. The lowest BCUT2D eigenvalue weighted by Gasteiger charge is -2.13. The van der Waals surface area contributed by atoms with Gasteiger partial charge in [0.2, 0.25) is 0 Å². The third-order valence-electron chi connectivity index (χ3n) is 1.69. The lowest BCUT2D eigenvalue weighted by atomic mass is 10.3. The van der Waals surface area contributed by atoms with Crippen LogP contribution in [0, 0.1) is 0 Å². The zero-order valence-electron chi connectivity index (χ0n) is 6.63. The third kappa shape index (κ3) is 4.40. The Morgan fingerprint density at radius 1 is 1.33 bits per heavy atom. The van der Waals surface area contributed by atoms with Crippen molar-refractivity contribution in [1.29, 1.82) is 0 Å². The first kappa shape index (κ1) is 14.9. The molecule has 76 valence electrons. The van der Waals surface area contributed by atoms with E-state index in [2.05, 4.69) is 0 Å². The van der Waals surface area contributed by atoms with E-state index in [0.29, 0.717) is 19.6 Å². The Labute approximate surface area is 83.3 Å². The molecule has 0 aromatic rings. The van der Waals surface area contributed by atoms with Crippen LogP contribution in [0.4, 0.5) is 8.78 Å². The number of hydrogen-bond acceptors (Lipinski definition) is 2. The maximum atomic E-state index is 12.4. The van der Waals surface area contributed by atoms with E-state index in [9.17, 15) is 8.78 Å². The van der Waals surface area contributed by atoms with Crippen molar-refractivity contribution in [2.75, 3.05) is 26.2 Å². The summed E-state index contributed by atoms with van der Waals surface area (Å²) < 4.78 is 24.9. The second-order valence-electron chi connectivity index (χ2n) is 2.67. The largest absolute Gasteiger partial charge is 0.329 e. The van der Waals surface area contributed by atoms with Crippen LogP contribution in [0.15, 0.2) is 0 Å². The Balaban J connectivity index is 0. The highest BCUT2D eigenvalue weighted by molar-refractivity contribution is 5.85. The van der Waals surface area contributed by atoms with Crippen LogP contribution in [0.3, 0.4) is 0 Å². The maximum Gasteiger partial charge on any atom is 0.261 e. The Hall–Kier alpha value is 0.360. The molecule has 1 fully saturated rings. The summed E-state index contributed by atoms with van der Waals surface area (Å²) in [5, 5.41) is 0. The zero-order chi connectivity index (χ0) is 7.61. The van der Waals surface area contributed by atoms with Crippen LogP contribution in [0.1, 0.15) is 6.42 Å². The molecule has 12 heavy (non-hydrogen) atoms. The summed E-state index contributed by atoms with van der Waals surface area (Å²) in [6.07, 6.45) is -0.00694. The molecule has 0 spiro atoms. The van der Waals surface area contributed by atoms with E-state index in [1.807, 2.05) is 0 Å². The van der Waals surface area contributed by atoms with Crippen molar-refractivity contribution in [1.82, 2.24) is 4.90 Å². The average molecular weight is 223 g/mol. The second-order valence-corrected chi connectivity index (χ2v) is 2.67. The van der Waals surface area contributed by atoms with Gasteiger partial charge in [-0.3, -0.25) is 4.90 Å². The molecule has 1 rings (SSSR count). The van der Waals surface area contributed by atoms with E-state index in [4.69, 9.17) is 5.73 Å². The molecule has 6 heteroatoms. The highest BCUT2D eigenvalue weighted by Gasteiger charge is 2.37. The van der Waals surface area contributed by atoms with Gasteiger partial charge in [0.15, 0.2) is 0 Å². The molecule has 0 aliphatic carbocycles. The molecular formula is C6H14Cl2F2N2. The van der Waals surface area contributed by atoms with Gasteiger partial charge >= 0.3 is 0 Å². The summed E-state index contributed by atoms with van der Waals surface area (Å²) in [5.74, 6) is -2.46. The summed E-state index contributed by atoms with van der Waals surface area (Å²) in [5.41, 5.74) is 5.21. The van der Waals surface area contributed by atoms with Gasteiger partial charge in [-0.1, -0.05) is 0 Å². The van der Waals surface area contributed by atoms with Gasteiger partial charge in [0.1, 0.15) is 0 Å². The molecule has 1 saturated heterocycles. The normalized spacial score (nSPS) is 21.2. The first-order valence-corrected chi connectivity index (χ1v) is 3.44. The van der Waals surface area contributed by atoms with E-state index >= 15 is 0 Å². The second kappa shape index (κ2) is 5.91. The molecule has 2 N–H and O–H groups in total. The van der Waals surface area contributed by atoms with Crippen molar-refractivity contribution in [2.45, 2.75) is 12.3 Å². The van der Waals surface area contributed by atoms with Crippen LogP contribution in [-0.4, -0.2) is 37.0 Å². The van der Waals surface area contributed by atoms with Crippen molar-refractivity contribution >= 4 is 24.8 Å². The molecule has 0 aromatic heterocycles. The molecule has 2 nitrogen and oxygen atoms in total. The first-order valence-electron chi connectivity index (χ1n) is 3.44. The Morgan fingerprint density at radius 2 is 1.92 bits per heavy atom. The fourth-order valence-corrected chi connectivity index (χ4v) is 1.18. The summed E-state index contributed by atoms with van der Waals surface area (Å²) in [7, 11) is 0. The average Bonchev–Trinajstić information content (AvgIpc) is 2.12. The van der Waals surface area contributed by atoms with Gasteiger partial charge in [-0.05, 0) is 0 Å². The Morgan fingerprint density at radius 3 is 2.25 bits per heavy atom. The number of nitrogens with two attached hydrogens (primary N) is 1. The van der Waals surface area contributed by atoms with Gasteiger partial charge in [0.25, 0.3) is 5.92 Å². The van der Waals surface area contributed by atoms with Gasteiger partial charge < -0.3 is 5.73 Å². The van der Waals surface area contributed by atoms with E-state index < -0.39 is 5.92 Å². The highest BCUT2D eigenvalue weighted by atomic mass is 35.5.